The first-order chi connectivity index (χ1) is 28.2. The predicted molar refractivity (Wildman–Crippen MR) is 272 cm³/mol. The quantitative estimate of drug-likeness (QED) is 0.0869. The Morgan fingerprint density at radius 3 is 0.717 bits per heavy atom. The van der Waals surface area contributed by atoms with E-state index >= 15 is 0 Å². The molecule has 0 aliphatic heterocycles. The van der Waals surface area contributed by atoms with Crippen LogP contribution < -0.4 is 21.2 Å². The molecule has 0 spiro atoms. The van der Waals surface area contributed by atoms with Crippen LogP contribution in [0.5, 0.6) is 0 Å². The van der Waals surface area contributed by atoms with Gasteiger partial charge >= 0.3 is 0 Å². The summed E-state index contributed by atoms with van der Waals surface area (Å²) in [6.45, 7) is 14.0. The molecule has 0 aliphatic rings. The van der Waals surface area contributed by atoms with E-state index in [1.807, 2.05) is 76.4 Å². The SMILES string of the molecule is C=P(C)(C)c1ccc(-c2cc3cc(-c4ccc(P(C)(C)=O)cc4)cc4c5cc(-c6ccc(P(C)(C)=O)cc6)cc6cc(-c7ccc(P(C)(C)=O)cc7)cc(c(c2)c34)c65)cc1. The summed E-state index contributed by atoms with van der Waals surface area (Å²) in [7, 11) is -7.26. The maximum Gasteiger partial charge on any atom is 0.109 e. The summed E-state index contributed by atoms with van der Waals surface area (Å²) in [6, 6.07) is 52.3. The van der Waals surface area contributed by atoms with Crippen LogP contribution in [-0.2, 0) is 13.7 Å². The summed E-state index contributed by atoms with van der Waals surface area (Å²) >= 11 is 0. The zero-order chi connectivity index (χ0) is 42.5. The molecule has 0 aromatic heterocycles. The fraction of sp³-hybridized carbons (Fsp3) is 0.151. The first kappa shape index (κ1) is 40.7. The van der Waals surface area contributed by atoms with Crippen LogP contribution in [0, 0.1) is 0 Å². The standard InChI is InChI=1S/C53H50O3P4/c1-57(2,3)44-18-10-34(11-19-44)38-26-42-27-39(35-12-20-45(21-13-35)58(4,5)54)32-50-51-33-41(37-16-24-47(25-17-37)60(8,9)56)29-43-28-40(31-49(53(43)51)48(30-38)52(42)50)36-14-22-46(23-15-36)59(6,7)55/h10-33H,1H2,2-9H3. The van der Waals surface area contributed by atoms with Gasteiger partial charge in [-0.2, -0.15) is 0 Å². The summed E-state index contributed by atoms with van der Waals surface area (Å²) < 4.78 is 39.0. The van der Waals surface area contributed by atoms with Gasteiger partial charge in [0, 0.05) is 15.9 Å². The molecule has 0 saturated carbocycles. The lowest BCUT2D eigenvalue weighted by Gasteiger charge is -2.20. The van der Waals surface area contributed by atoms with E-state index in [4.69, 9.17) is 0 Å². The van der Waals surface area contributed by atoms with E-state index in [0.717, 1.165) is 71.2 Å². The van der Waals surface area contributed by atoms with Crippen LogP contribution in [0.15, 0.2) is 146 Å². The smallest absolute Gasteiger partial charge is 0.109 e. The monoisotopic (exact) mass is 858 g/mol. The second-order valence-electron chi connectivity index (χ2n) is 18.2. The summed E-state index contributed by atoms with van der Waals surface area (Å²) in [5, 5.41) is 13.3. The molecule has 300 valence electrons. The lowest BCUT2D eigenvalue weighted by molar-refractivity contribution is 0.587. The Balaban J connectivity index is 1.39. The van der Waals surface area contributed by atoms with Crippen molar-refractivity contribution in [2.45, 2.75) is 0 Å². The van der Waals surface area contributed by atoms with Gasteiger partial charge in [0.05, 0.1) is 0 Å². The fourth-order valence-electron chi connectivity index (χ4n) is 8.64. The number of fused-ring (bicyclic) bond motifs is 2. The highest BCUT2D eigenvalue weighted by Crippen LogP contribution is 2.47. The molecule has 7 heteroatoms. The molecule has 0 saturated heterocycles. The van der Waals surface area contributed by atoms with Crippen molar-refractivity contribution in [1.82, 2.24) is 0 Å². The number of hydrogen-bond donors (Lipinski definition) is 0. The van der Waals surface area contributed by atoms with Crippen LogP contribution in [0.25, 0.3) is 87.6 Å². The Morgan fingerprint density at radius 2 is 0.517 bits per heavy atom. The molecule has 0 N–H and O–H groups in total. The molecule has 0 heterocycles. The van der Waals surface area contributed by atoms with Gasteiger partial charge in [0.2, 0.25) is 0 Å². The van der Waals surface area contributed by atoms with Gasteiger partial charge in [-0.1, -0.05) is 110 Å². The summed E-state index contributed by atoms with van der Waals surface area (Å²) in [4.78, 5) is 0. The summed E-state index contributed by atoms with van der Waals surface area (Å²) in [6.07, 6.45) is 4.49. The van der Waals surface area contributed by atoms with Crippen LogP contribution in [0.2, 0.25) is 0 Å². The molecule has 0 radical (unpaired) electrons. The van der Waals surface area contributed by atoms with Gasteiger partial charge < -0.3 is 13.7 Å². The van der Waals surface area contributed by atoms with E-state index < -0.39 is 28.3 Å². The van der Waals surface area contributed by atoms with E-state index in [1.54, 1.807) is 0 Å². The molecule has 9 aromatic carbocycles. The minimum absolute atomic E-state index is 0.865. The molecule has 9 rings (SSSR count). The lowest BCUT2D eigenvalue weighted by atomic mass is 9.84. The summed E-state index contributed by atoms with van der Waals surface area (Å²) in [5.41, 5.74) is 8.79. The molecule has 3 nitrogen and oxygen atoms in total. The average Bonchev–Trinajstić information content (AvgIpc) is 3.20. The third-order valence-corrected chi connectivity index (χ3v) is 18.4. The van der Waals surface area contributed by atoms with E-state index in [9.17, 15) is 13.7 Å². The van der Waals surface area contributed by atoms with Crippen molar-refractivity contribution in [3.63, 3.8) is 0 Å². The molecular weight excluding hydrogens is 808 g/mol. The normalized spacial score (nSPS) is 12.9. The van der Waals surface area contributed by atoms with Gasteiger partial charge in [0.15, 0.2) is 0 Å². The summed E-state index contributed by atoms with van der Waals surface area (Å²) in [5.74, 6) is 0. The molecule has 0 fully saturated rings. The highest BCUT2D eigenvalue weighted by atomic mass is 31.2. The third-order valence-electron chi connectivity index (χ3n) is 12.0. The van der Waals surface area contributed by atoms with Crippen molar-refractivity contribution < 1.29 is 13.7 Å². The van der Waals surface area contributed by atoms with Crippen molar-refractivity contribution in [1.29, 1.82) is 0 Å². The largest absolute Gasteiger partial charge is 0.319 e. The molecular formula is C53H50O3P4. The van der Waals surface area contributed by atoms with Gasteiger partial charge in [-0.05, 0) is 195 Å². The first-order valence-corrected chi connectivity index (χ1v) is 30.9. The molecule has 0 amide bonds. The fourth-order valence-corrected chi connectivity index (χ4v) is 12.2. The van der Waals surface area contributed by atoms with Crippen molar-refractivity contribution in [2.75, 3.05) is 53.3 Å². The Bertz CT molecular complexity index is 2910. The number of hydrogen-bond acceptors (Lipinski definition) is 3. The zero-order valence-corrected chi connectivity index (χ0v) is 39.2. The number of rotatable bonds is 8. The Kier molecular flexibility index (Phi) is 9.79. The van der Waals surface area contributed by atoms with E-state index in [-0.39, 0.29) is 0 Å². The van der Waals surface area contributed by atoms with Crippen LogP contribution in [0.3, 0.4) is 0 Å². The van der Waals surface area contributed by atoms with Gasteiger partial charge in [0.1, 0.15) is 21.4 Å². The molecule has 0 atom stereocenters. The Labute approximate surface area is 354 Å². The van der Waals surface area contributed by atoms with Crippen molar-refractivity contribution in [2.24, 2.45) is 0 Å². The van der Waals surface area contributed by atoms with Gasteiger partial charge in [0.25, 0.3) is 0 Å². The zero-order valence-electron chi connectivity index (χ0n) is 35.6. The van der Waals surface area contributed by atoms with Crippen molar-refractivity contribution in [3.8, 4) is 44.5 Å². The second kappa shape index (κ2) is 14.4. The number of benzene rings is 9. The van der Waals surface area contributed by atoms with Gasteiger partial charge in [-0.3, -0.25) is 0 Å². The Hall–Kier alpha value is -4.73. The highest BCUT2D eigenvalue weighted by Gasteiger charge is 2.21. The minimum Gasteiger partial charge on any atom is -0.319 e. The lowest BCUT2D eigenvalue weighted by Crippen LogP contribution is -2.02. The maximum absolute atomic E-state index is 13.0. The molecule has 0 aliphatic carbocycles. The third kappa shape index (κ3) is 7.50. The van der Waals surface area contributed by atoms with Crippen molar-refractivity contribution in [3.05, 3.63) is 146 Å². The van der Waals surface area contributed by atoms with Gasteiger partial charge in [-0.15, -0.1) is 0 Å². The van der Waals surface area contributed by atoms with Crippen LogP contribution >= 0.6 is 28.3 Å². The molecule has 0 unspecified atom stereocenters. The highest BCUT2D eigenvalue weighted by molar-refractivity contribution is 7.79. The topological polar surface area (TPSA) is 51.2 Å². The van der Waals surface area contributed by atoms with E-state index in [1.165, 1.54) is 37.6 Å². The molecule has 0 bridgehead atoms. The predicted octanol–water partition coefficient (Wildman–Crippen LogP) is 13.5. The molecule has 60 heavy (non-hydrogen) atoms. The van der Waals surface area contributed by atoms with Crippen LogP contribution in [-0.4, -0.2) is 59.6 Å². The molecule has 9 aromatic rings. The van der Waals surface area contributed by atoms with Crippen LogP contribution in [0.1, 0.15) is 0 Å². The second-order valence-corrected chi connectivity index (χ2v) is 31.8. The van der Waals surface area contributed by atoms with Crippen molar-refractivity contribution >= 4 is 98.9 Å². The van der Waals surface area contributed by atoms with Crippen LogP contribution in [0.4, 0.5) is 0 Å². The average molecular weight is 859 g/mol. The maximum atomic E-state index is 13.0. The minimum atomic E-state index is -2.42. The first-order valence-electron chi connectivity index (χ1n) is 20.2. The van der Waals surface area contributed by atoms with E-state index in [2.05, 4.69) is 129 Å². The van der Waals surface area contributed by atoms with E-state index in [0.29, 0.717) is 0 Å². The Morgan fingerprint density at radius 1 is 0.300 bits per heavy atom. The van der Waals surface area contributed by atoms with Gasteiger partial charge in [-0.25, -0.2) is 0 Å².